The summed E-state index contributed by atoms with van der Waals surface area (Å²) >= 11 is 0. The van der Waals surface area contributed by atoms with Crippen LogP contribution < -0.4 is 9.62 Å². The summed E-state index contributed by atoms with van der Waals surface area (Å²) < 4.78 is 26.9. The van der Waals surface area contributed by atoms with E-state index in [4.69, 9.17) is 0 Å². The molecule has 1 aromatic carbocycles. The van der Waals surface area contributed by atoms with Gasteiger partial charge in [-0.2, -0.15) is 0 Å². The van der Waals surface area contributed by atoms with Gasteiger partial charge < -0.3 is 4.90 Å². The number of carbonyl (C=O) groups excluding carboxylic acids is 1. The van der Waals surface area contributed by atoms with E-state index in [1.54, 1.807) is 37.1 Å². The molecule has 0 saturated heterocycles. The molecule has 1 fully saturated rings. The van der Waals surface area contributed by atoms with Crippen molar-refractivity contribution < 1.29 is 13.2 Å². The minimum absolute atomic E-state index is 0.0232. The molecule has 5 nitrogen and oxygen atoms in total. The summed E-state index contributed by atoms with van der Waals surface area (Å²) in [6.45, 7) is 2.08. The van der Waals surface area contributed by atoms with Gasteiger partial charge in [0.05, 0.1) is 10.6 Å². The van der Waals surface area contributed by atoms with Crippen LogP contribution in [0.1, 0.15) is 38.2 Å². The molecule has 22 heavy (non-hydrogen) atoms. The summed E-state index contributed by atoms with van der Waals surface area (Å²) in [6, 6.07) is 4.91. The van der Waals surface area contributed by atoms with Crippen LogP contribution in [0.15, 0.2) is 28.7 Å². The summed E-state index contributed by atoms with van der Waals surface area (Å²) in [5, 5.41) is 0. The lowest BCUT2D eigenvalue weighted by Gasteiger charge is -2.10. The number of nitrogens with zero attached hydrogens (tertiary/aromatic N) is 1. The Morgan fingerprint density at radius 1 is 1.23 bits per heavy atom. The van der Waals surface area contributed by atoms with Crippen molar-refractivity contribution in [2.24, 2.45) is 0 Å². The Bertz CT molecular complexity index is 758. The Morgan fingerprint density at radius 3 is 2.55 bits per heavy atom. The molecule has 1 heterocycles. The quantitative estimate of drug-likeness (QED) is 0.869. The van der Waals surface area contributed by atoms with E-state index in [-0.39, 0.29) is 10.8 Å². The molecular weight excluding hydrogens is 300 g/mol. The zero-order valence-electron chi connectivity index (χ0n) is 12.8. The van der Waals surface area contributed by atoms with E-state index in [0.29, 0.717) is 12.1 Å². The third kappa shape index (κ3) is 2.36. The van der Waals surface area contributed by atoms with Crippen molar-refractivity contribution in [2.75, 3.05) is 18.5 Å². The molecule has 0 bridgehead atoms. The van der Waals surface area contributed by atoms with Crippen LogP contribution in [0, 0.1) is 0 Å². The highest BCUT2D eigenvalue weighted by molar-refractivity contribution is 7.89. The molecule has 0 unspecified atom stereocenters. The van der Waals surface area contributed by atoms with E-state index in [2.05, 4.69) is 4.72 Å². The van der Waals surface area contributed by atoms with E-state index in [9.17, 15) is 13.2 Å². The van der Waals surface area contributed by atoms with Crippen molar-refractivity contribution in [3.8, 4) is 0 Å². The fourth-order valence-corrected chi connectivity index (χ4v) is 4.30. The van der Waals surface area contributed by atoms with Crippen molar-refractivity contribution in [1.29, 1.82) is 0 Å². The predicted molar refractivity (Wildman–Crippen MR) is 86.1 cm³/mol. The summed E-state index contributed by atoms with van der Waals surface area (Å²) in [7, 11) is -1.78. The molecular formula is C16H20N2O3S. The number of fused-ring (bicyclic) bond motifs is 1. The van der Waals surface area contributed by atoms with Crippen LogP contribution >= 0.6 is 0 Å². The monoisotopic (exact) mass is 320 g/mol. The van der Waals surface area contributed by atoms with Gasteiger partial charge in [0.1, 0.15) is 0 Å². The lowest BCUT2D eigenvalue weighted by molar-refractivity contribution is -0.112. The van der Waals surface area contributed by atoms with Crippen molar-refractivity contribution >= 4 is 27.2 Å². The Balaban J connectivity index is 2.16. The molecule has 1 aromatic rings. The first-order valence-corrected chi connectivity index (χ1v) is 9.08. The summed E-state index contributed by atoms with van der Waals surface area (Å²) in [5.74, 6) is -0.0232. The van der Waals surface area contributed by atoms with Gasteiger partial charge >= 0.3 is 0 Å². The van der Waals surface area contributed by atoms with Gasteiger partial charge in [-0.15, -0.1) is 0 Å². The molecule has 0 aromatic heterocycles. The number of likely N-dealkylation sites (N-methyl/N-ethyl adjacent to an activating group) is 1. The second-order valence-corrected chi connectivity index (χ2v) is 7.50. The molecule has 0 atom stereocenters. The highest BCUT2D eigenvalue weighted by Crippen LogP contribution is 2.42. The minimum atomic E-state index is -3.52. The Kier molecular flexibility index (Phi) is 3.82. The van der Waals surface area contributed by atoms with Gasteiger partial charge in [0.15, 0.2) is 0 Å². The number of benzene rings is 1. The van der Waals surface area contributed by atoms with Crippen LogP contribution in [0.4, 0.5) is 5.69 Å². The molecule has 3 rings (SSSR count). The predicted octanol–water partition coefficient (Wildman–Crippen LogP) is 2.29. The fraction of sp³-hybridized carbons (Fsp3) is 0.438. The normalized spacial score (nSPS) is 18.3. The van der Waals surface area contributed by atoms with Crippen LogP contribution in [0.25, 0.3) is 5.57 Å². The zero-order chi connectivity index (χ0) is 15.9. The van der Waals surface area contributed by atoms with E-state index in [1.807, 2.05) is 0 Å². The van der Waals surface area contributed by atoms with Crippen LogP contribution in [0.5, 0.6) is 0 Å². The third-order valence-electron chi connectivity index (χ3n) is 4.32. The number of amides is 1. The number of nitrogens with one attached hydrogen (secondary N) is 1. The van der Waals surface area contributed by atoms with Gasteiger partial charge in [0, 0.05) is 24.7 Å². The summed E-state index contributed by atoms with van der Waals surface area (Å²) in [4.78, 5) is 14.4. The van der Waals surface area contributed by atoms with Crippen LogP contribution in [0.3, 0.4) is 0 Å². The number of hydrogen-bond acceptors (Lipinski definition) is 3. The van der Waals surface area contributed by atoms with E-state index in [1.165, 1.54) is 0 Å². The summed E-state index contributed by atoms with van der Waals surface area (Å²) in [5.41, 5.74) is 3.41. The third-order valence-corrected chi connectivity index (χ3v) is 5.87. The smallest absolute Gasteiger partial charge is 0.258 e. The number of sulfonamides is 1. The van der Waals surface area contributed by atoms with Crippen molar-refractivity contribution in [3.63, 3.8) is 0 Å². The van der Waals surface area contributed by atoms with Gasteiger partial charge in [-0.1, -0.05) is 12.5 Å². The lowest BCUT2D eigenvalue weighted by Crippen LogP contribution is -2.23. The number of rotatable bonds is 3. The molecule has 2 aliphatic rings. The molecule has 1 amide bonds. The zero-order valence-corrected chi connectivity index (χ0v) is 13.7. The highest BCUT2D eigenvalue weighted by atomic mass is 32.2. The van der Waals surface area contributed by atoms with Gasteiger partial charge in [0.2, 0.25) is 10.0 Å². The fourth-order valence-electron chi connectivity index (χ4n) is 3.23. The Hall–Kier alpha value is -1.66. The van der Waals surface area contributed by atoms with E-state index in [0.717, 1.165) is 42.5 Å². The molecule has 1 aliphatic carbocycles. The number of carbonyl (C=O) groups is 1. The van der Waals surface area contributed by atoms with Crippen molar-refractivity contribution in [3.05, 3.63) is 29.3 Å². The Labute approximate surface area is 131 Å². The van der Waals surface area contributed by atoms with Crippen LogP contribution in [-0.2, 0) is 14.8 Å². The van der Waals surface area contributed by atoms with Crippen molar-refractivity contribution in [2.45, 2.75) is 37.5 Å². The summed E-state index contributed by atoms with van der Waals surface area (Å²) in [6.07, 6.45) is 4.05. The van der Waals surface area contributed by atoms with Gasteiger partial charge in [-0.3, -0.25) is 4.79 Å². The Morgan fingerprint density at radius 2 is 1.91 bits per heavy atom. The topological polar surface area (TPSA) is 66.5 Å². The number of allylic oxidation sites excluding steroid dienone is 1. The van der Waals surface area contributed by atoms with E-state index >= 15 is 0 Å². The first-order chi connectivity index (χ1) is 10.5. The molecule has 118 valence electrons. The molecule has 1 N–H and O–H groups in total. The maximum atomic E-state index is 12.5. The SMILES string of the molecule is CCNS(=O)(=O)c1ccc2c(c1)C(=C1CCCC1)C(=O)N2C. The first kappa shape index (κ1) is 15.2. The molecule has 0 spiro atoms. The molecule has 6 heteroatoms. The van der Waals surface area contributed by atoms with Gasteiger partial charge in [-0.25, -0.2) is 13.1 Å². The second kappa shape index (κ2) is 5.52. The highest BCUT2D eigenvalue weighted by Gasteiger charge is 2.33. The lowest BCUT2D eigenvalue weighted by atomic mass is 10.00. The average Bonchev–Trinajstić information content (AvgIpc) is 3.07. The second-order valence-electron chi connectivity index (χ2n) is 5.73. The van der Waals surface area contributed by atoms with Gasteiger partial charge in [0.25, 0.3) is 5.91 Å². The van der Waals surface area contributed by atoms with Crippen LogP contribution in [0.2, 0.25) is 0 Å². The standard InChI is InChI=1S/C16H20N2O3S/c1-3-17-22(20,21)12-8-9-14-13(10-12)15(16(19)18(14)2)11-6-4-5-7-11/h8-10,17H,3-7H2,1-2H3. The largest absolute Gasteiger partial charge is 0.311 e. The maximum absolute atomic E-state index is 12.5. The molecule has 0 radical (unpaired) electrons. The first-order valence-electron chi connectivity index (χ1n) is 7.60. The maximum Gasteiger partial charge on any atom is 0.258 e. The minimum Gasteiger partial charge on any atom is -0.311 e. The molecule has 1 saturated carbocycles. The van der Waals surface area contributed by atoms with E-state index < -0.39 is 10.0 Å². The van der Waals surface area contributed by atoms with Crippen LogP contribution in [-0.4, -0.2) is 27.9 Å². The number of anilines is 1. The van der Waals surface area contributed by atoms with Crippen molar-refractivity contribution in [1.82, 2.24) is 4.72 Å². The van der Waals surface area contributed by atoms with Gasteiger partial charge in [-0.05, 0) is 43.9 Å². The molecule has 1 aliphatic heterocycles. The number of hydrogen-bond donors (Lipinski definition) is 1. The average molecular weight is 320 g/mol.